The van der Waals surface area contributed by atoms with E-state index in [2.05, 4.69) is 43.0 Å². The van der Waals surface area contributed by atoms with Crippen LogP contribution in [-0.2, 0) is 6.42 Å². The van der Waals surface area contributed by atoms with Crippen molar-refractivity contribution in [2.45, 2.75) is 58.3 Å². The number of benzene rings is 1. The highest BCUT2D eigenvalue weighted by atomic mass is 15.1. The molecule has 1 heteroatoms. The smallest absolute Gasteiger partial charge is 0.00186 e. The Bertz CT molecular complexity index is 346. The molecule has 0 atom stereocenters. The number of nitrogens with zero attached hydrogens (tertiary/aromatic N) is 1. The Morgan fingerprint density at radius 1 is 0.947 bits per heavy atom. The summed E-state index contributed by atoms with van der Waals surface area (Å²) in [5.74, 6) is 0.646. The molecular formula is C18H29N. The maximum absolute atomic E-state index is 2.64. The van der Waals surface area contributed by atoms with Crippen molar-refractivity contribution in [3.05, 3.63) is 35.4 Å². The zero-order valence-corrected chi connectivity index (χ0v) is 12.7. The number of unbranched alkanes of at least 4 members (excludes halogenated alkanes) is 1. The van der Waals surface area contributed by atoms with Crippen molar-refractivity contribution in [3.63, 3.8) is 0 Å². The van der Waals surface area contributed by atoms with Gasteiger partial charge in [-0.3, -0.25) is 0 Å². The first-order valence-corrected chi connectivity index (χ1v) is 8.07. The van der Waals surface area contributed by atoms with Gasteiger partial charge in [-0.15, -0.1) is 0 Å². The van der Waals surface area contributed by atoms with Crippen LogP contribution in [0.4, 0.5) is 0 Å². The number of piperidine rings is 1. The molecule has 1 aliphatic heterocycles. The standard InChI is InChI=1S/C18H29N/c1-16(2)18-11-9-17(10-12-18)8-4-7-15-19-13-5-3-6-14-19/h9-12,16H,3-8,13-15H2,1-2H3. The van der Waals surface area contributed by atoms with E-state index in [1.54, 1.807) is 0 Å². The summed E-state index contributed by atoms with van der Waals surface area (Å²) in [5, 5.41) is 0. The highest BCUT2D eigenvalue weighted by molar-refractivity contribution is 5.24. The lowest BCUT2D eigenvalue weighted by Gasteiger charge is -2.26. The molecule has 0 unspecified atom stereocenters. The summed E-state index contributed by atoms with van der Waals surface area (Å²) in [4.78, 5) is 2.64. The van der Waals surface area contributed by atoms with E-state index in [9.17, 15) is 0 Å². The summed E-state index contributed by atoms with van der Waals surface area (Å²) in [6.45, 7) is 8.50. The average molecular weight is 259 g/mol. The molecule has 1 fully saturated rings. The number of aryl methyl sites for hydroxylation is 1. The van der Waals surface area contributed by atoms with Gasteiger partial charge in [0.25, 0.3) is 0 Å². The lowest BCUT2D eigenvalue weighted by Crippen LogP contribution is -2.30. The fraction of sp³-hybridized carbons (Fsp3) is 0.667. The van der Waals surface area contributed by atoms with Gasteiger partial charge >= 0.3 is 0 Å². The first-order valence-electron chi connectivity index (χ1n) is 8.07. The molecule has 0 bridgehead atoms. The maximum atomic E-state index is 2.64. The van der Waals surface area contributed by atoms with Crippen LogP contribution in [0.1, 0.15) is 63.0 Å². The van der Waals surface area contributed by atoms with Crippen LogP contribution in [-0.4, -0.2) is 24.5 Å². The molecule has 0 amide bonds. The van der Waals surface area contributed by atoms with Gasteiger partial charge < -0.3 is 4.90 Å². The fourth-order valence-corrected chi connectivity index (χ4v) is 2.92. The van der Waals surface area contributed by atoms with Crippen molar-refractivity contribution in [1.82, 2.24) is 4.90 Å². The minimum absolute atomic E-state index is 0.646. The Hall–Kier alpha value is -0.820. The highest BCUT2D eigenvalue weighted by Gasteiger charge is 2.08. The third-order valence-electron chi connectivity index (χ3n) is 4.28. The van der Waals surface area contributed by atoms with Gasteiger partial charge in [-0.2, -0.15) is 0 Å². The summed E-state index contributed by atoms with van der Waals surface area (Å²) in [6, 6.07) is 9.22. The largest absolute Gasteiger partial charge is 0.303 e. The normalized spacial score (nSPS) is 17.0. The van der Waals surface area contributed by atoms with Crippen LogP contribution in [0.2, 0.25) is 0 Å². The van der Waals surface area contributed by atoms with E-state index >= 15 is 0 Å². The van der Waals surface area contributed by atoms with Crippen LogP contribution in [0, 0.1) is 0 Å². The van der Waals surface area contributed by atoms with Crippen molar-refractivity contribution in [2.24, 2.45) is 0 Å². The first-order chi connectivity index (χ1) is 9.25. The molecule has 0 saturated carbocycles. The summed E-state index contributed by atoms with van der Waals surface area (Å²) in [7, 11) is 0. The van der Waals surface area contributed by atoms with Crippen molar-refractivity contribution in [1.29, 1.82) is 0 Å². The summed E-state index contributed by atoms with van der Waals surface area (Å²) in [5.41, 5.74) is 2.96. The van der Waals surface area contributed by atoms with E-state index in [1.165, 1.54) is 69.3 Å². The second kappa shape index (κ2) is 7.69. The SMILES string of the molecule is CC(C)c1ccc(CCCCN2CCCCC2)cc1. The van der Waals surface area contributed by atoms with E-state index in [4.69, 9.17) is 0 Å². The lowest BCUT2D eigenvalue weighted by atomic mass is 10.00. The van der Waals surface area contributed by atoms with Gasteiger partial charge in [-0.1, -0.05) is 44.5 Å². The van der Waals surface area contributed by atoms with Gasteiger partial charge in [-0.05, 0) is 68.8 Å². The molecule has 0 spiro atoms. The van der Waals surface area contributed by atoms with Crippen molar-refractivity contribution in [2.75, 3.05) is 19.6 Å². The van der Waals surface area contributed by atoms with Crippen molar-refractivity contribution < 1.29 is 0 Å². The first kappa shape index (κ1) is 14.6. The van der Waals surface area contributed by atoms with E-state index in [-0.39, 0.29) is 0 Å². The topological polar surface area (TPSA) is 3.24 Å². The van der Waals surface area contributed by atoms with Gasteiger partial charge in [-0.25, -0.2) is 0 Å². The minimum Gasteiger partial charge on any atom is -0.303 e. The molecule has 1 saturated heterocycles. The molecule has 2 rings (SSSR count). The van der Waals surface area contributed by atoms with Gasteiger partial charge in [0.2, 0.25) is 0 Å². The molecule has 1 aromatic carbocycles. The van der Waals surface area contributed by atoms with E-state index in [0.29, 0.717) is 5.92 Å². The molecule has 0 aliphatic carbocycles. The monoisotopic (exact) mass is 259 g/mol. The van der Waals surface area contributed by atoms with Crippen molar-refractivity contribution >= 4 is 0 Å². The Morgan fingerprint density at radius 2 is 1.63 bits per heavy atom. The molecule has 0 radical (unpaired) electrons. The second-order valence-electron chi connectivity index (χ2n) is 6.26. The fourth-order valence-electron chi connectivity index (χ4n) is 2.92. The van der Waals surface area contributed by atoms with E-state index in [0.717, 1.165) is 0 Å². The molecule has 1 aromatic rings. The van der Waals surface area contributed by atoms with E-state index < -0.39 is 0 Å². The molecule has 1 aliphatic rings. The van der Waals surface area contributed by atoms with Crippen LogP contribution in [0.15, 0.2) is 24.3 Å². The Morgan fingerprint density at radius 3 is 2.26 bits per heavy atom. The third kappa shape index (κ3) is 4.99. The van der Waals surface area contributed by atoms with Crippen LogP contribution >= 0.6 is 0 Å². The third-order valence-corrected chi connectivity index (χ3v) is 4.28. The summed E-state index contributed by atoms with van der Waals surface area (Å²) >= 11 is 0. The molecular weight excluding hydrogens is 230 g/mol. The second-order valence-corrected chi connectivity index (χ2v) is 6.26. The molecule has 0 N–H and O–H groups in total. The van der Waals surface area contributed by atoms with Crippen LogP contribution in [0.25, 0.3) is 0 Å². The predicted octanol–water partition coefficient (Wildman–Crippen LogP) is 4.62. The molecule has 1 heterocycles. The predicted molar refractivity (Wildman–Crippen MR) is 83.8 cm³/mol. The Kier molecular flexibility index (Phi) is 5.91. The van der Waals surface area contributed by atoms with Crippen LogP contribution in [0.5, 0.6) is 0 Å². The molecule has 106 valence electrons. The zero-order chi connectivity index (χ0) is 13.5. The number of rotatable bonds is 6. The maximum Gasteiger partial charge on any atom is -0.00186 e. The van der Waals surface area contributed by atoms with Crippen LogP contribution < -0.4 is 0 Å². The molecule has 19 heavy (non-hydrogen) atoms. The number of likely N-dealkylation sites (tertiary alicyclic amines) is 1. The average Bonchev–Trinajstić information content (AvgIpc) is 2.45. The van der Waals surface area contributed by atoms with Gasteiger partial charge in [0, 0.05) is 0 Å². The molecule has 0 aromatic heterocycles. The highest BCUT2D eigenvalue weighted by Crippen LogP contribution is 2.16. The zero-order valence-electron chi connectivity index (χ0n) is 12.7. The lowest BCUT2D eigenvalue weighted by molar-refractivity contribution is 0.225. The van der Waals surface area contributed by atoms with E-state index in [1.807, 2.05) is 0 Å². The van der Waals surface area contributed by atoms with Gasteiger partial charge in [0.1, 0.15) is 0 Å². The van der Waals surface area contributed by atoms with Gasteiger partial charge in [0.05, 0.1) is 0 Å². The minimum atomic E-state index is 0.646. The Labute approximate surface area is 119 Å². The molecule has 1 nitrogen and oxygen atoms in total. The van der Waals surface area contributed by atoms with Crippen molar-refractivity contribution in [3.8, 4) is 0 Å². The number of hydrogen-bond acceptors (Lipinski definition) is 1. The quantitative estimate of drug-likeness (QED) is 0.674. The van der Waals surface area contributed by atoms with Gasteiger partial charge in [0.15, 0.2) is 0 Å². The number of hydrogen-bond donors (Lipinski definition) is 0. The summed E-state index contributed by atoms with van der Waals surface area (Å²) in [6.07, 6.45) is 8.20. The Balaban J connectivity index is 1.64. The van der Waals surface area contributed by atoms with Crippen LogP contribution in [0.3, 0.4) is 0 Å². The summed E-state index contributed by atoms with van der Waals surface area (Å²) < 4.78 is 0.